The van der Waals surface area contributed by atoms with E-state index in [4.69, 9.17) is 9.47 Å². The van der Waals surface area contributed by atoms with Gasteiger partial charge in [0, 0.05) is 13.8 Å². The first-order valence-corrected chi connectivity index (χ1v) is 7.80. The Balaban J connectivity index is 3.31. The zero-order valence-corrected chi connectivity index (χ0v) is 15.2. The molecule has 0 fully saturated rings. The van der Waals surface area contributed by atoms with Gasteiger partial charge in [-0.25, -0.2) is 0 Å². The van der Waals surface area contributed by atoms with Gasteiger partial charge in [-0.15, -0.1) is 0 Å². The first-order valence-electron chi connectivity index (χ1n) is 7.80. The standard InChI is InChI=1S/C18H22O8/c1-11(19)25-9-15-5-13(7-17(21)23-3)14(8-18(22)24-4)6-16(15)10-26-12(2)20/h5-6H,7-10H2,1-4H3. The molecular weight excluding hydrogens is 344 g/mol. The highest BCUT2D eigenvalue weighted by molar-refractivity contribution is 5.76. The zero-order valence-electron chi connectivity index (χ0n) is 15.2. The summed E-state index contributed by atoms with van der Waals surface area (Å²) in [6.45, 7) is 2.43. The molecule has 0 bridgehead atoms. The van der Waals surface area contributed by atoms with E-state index < -0.39 is 23.9 Å². The molecule has 0 unspecified atom stereocenters. The van der Waals surface area contributed by atoms with E-state index in [1.807, 2.05) is 0 Å². The minimum absolute atomic E-state index is 0.0569. The van der Waals surface area contributed by atoms with Gasteiger partial charge in [0.2, 0.25) is 0 Å². The molecule has 0 aliphatic heterocycles. The van der Waals surface area contributed by atoms with Crippen molar-refractivity contribution in [2.24, 2.45) is 0 Å². The SMILES string of the molecule is COC(=O)Cc1cc(COC(C)=O)c(COC(C)=O)cc1CC(=O)OC. The highest BCUT2D eigenvalue weighted by atomic mass is 16.5. The topological polar surface area (TPSA) is 105 Å². The normalized spacial score (nSPS) is 10.0. The van der Waals surface area contributed by atoms with Gasteiger partial charge in [-0.3, -0.25) is 19.2 Å². The van der Waals surface area contributed by atoms with Gasteiger partial charge in [0.1, 0.15) is 13.2 Å². The van der Waals surface area contributed by atoms with E-state index >= 15 is 0 Å². The van der Waals surface area contributed by atoms with Crippen LogP contribution in [0, 0.1) is 0 Å². The number of rotatable bonds is 8. The van der Waals surface area contributed by atoms with Gasteiger partial charge in [0.25, 0.3) is 0 Å². The summed E-state index contributed by atoms with van der Waals surface area (Å²) >= 11 is 0. The number of ether oxygens (including phenoxy) is 4. The molecule has 8 nitrogen and oxygen atoms in total. The molecule has 0 atom stereocenters. The van der Waals surface area contributed by atoms with Crippen LogP contribution in [0.25, 0.3) is 0 Å². The van der Waals surface area contributed by atoms with Crippen LogP contribution in [0.1, 0.15) is 36.1 Å². The first kappa shape index (κ1) is 21.1. The molecular formula is C18H22O8. The maximum absolute atomic E-state index is 11.7. The lowest BCUT2D eigenvalue weighted by atomic mass is 9.95. The molecule has 0 heterocycles. The third-order valence-electron chi connectivity index (χ3n) is 3.51. The van der Waals surface area contributed by atoms with Crippen molar-refractivity contribution in [2.75, 3.05) is 14.2 Å². The Bertz CT molecular complexity index is 634. The summed E-state index contributed by atoms with van der Waals surface area (Å²) in [6, 6.07) is 3.27. The minimum Gasteiger partial charge on any atom is -0.469 e. The van der Waals surface area contributed by atoms with Crippen molar-refractivity contribution in [2.45, 2.75) is 39.9 Å². The van der Waals surface area contributed by atoms with Gasteiger partial charge in [0.15, 0.2) is 0 Å². The summed E-state index contributed by atoms with van der Waals surface area (Å²) in [5, 5.41) is 0. The molecule has 0 aliphatic carbocycles. The van der Waals surface area contributed by atoms with E-state index in [1.54, 1.807) is 12.1 Å². The van der Waals surface area contributed by atoms with Gasteiger partial charge >= 0.3 is 23.9 Å². The van der Waals surface area contributed by atoms with Gasteiger partial charge < -0.3 is 18.9 Å². The van der Waals surface area contributed by atoms with Crippen LogP contribution in [0.4, 0.5) is 0 Å². The number of esters is 4. The van der Waals surface area contributed by atoms with E-state index in [0.717, 1.165) is 0 Å². The van der Waals surface area contributed by atoms with E-state index in [2.05, 4.69) is 9.47 Å². The number of carbonyl (C=O) groups is 4. The van der Waals surface area contributed by atoms with Crippen molar-refractivity contribution in [3.63, 3.8) is 0 Å². The predicted octanol–water partition coefficient (Wildman–Crippen LogP) is 1.24. The van der Waals surface area contributed by atoms with Crippen LogP contribution in [-0.2, 0) is 64.2 Å². The third kappa shape index (κ3) is 6.92. The summed E-state index contributed by atoms with van der Waals surface area (Å²) < 4.78 is 19.4. The largest absolute Gasteiger partial charge is 0.469 e. The van der Waals surface area contributed by atoms with E-state index in [-0.39, 0.29) is 26.1 Å². The lowest BCUT2D eigenvalue weighted by molar-refractivity contribution is -0.143. The Morgan fingerprint density at radius 2 is 1.04 bits per heavy atom. The third-order valence-corrected chi connectivity index (χ3v) is 3.51. The molecule has 0 saturated heterocycles. The molecule has 26 heavy (non-hydrogen) atoms. The molecule has 1 rings (SSSR count). The van der Waals surface area contributed by atoms with Crippen molar-refractivity contribution in [3.8, 4) is 0 Å². The van der Waals surface area contributed by atoms with E-state index in [0.29, 0.717) is 22.3 Å². The summed E-state index contributed by atoms with van der Waals surface area (Å²) in [4.78, 5) is 45.6. The predicted molar refractivity (Wildman–Crippen MR) is 88.8 cm³/mol. The van der Waals surface area contributed by atoms with Crippen LogP contribution in [0.2, 0.25) is 0 Å². The first-order chi connectivity index (χ1) is 12.3. The van der Waals surface area contributed by atoms with Crippen LogP contribution in [0.5, 0.6) is 0 Å². The fourth-order valence-electron chi connectivity index (χ4n) is 2.20. The van der Waals surface area contributed by atoms with E-state index in [1.165, 1.54) is 28.1 Å². The molecule has 1 aromatic rings. The van der Waals surface area contributed by atoms with Crippen LogP contribution in [0.15, 0.2) is 12.1 Å². The number of carbonyl (C=O) groups excluding carboxylic acids is 4. The molecule has 0 aromatic heterocycles. The zero-order chi connectivity index (χ0) is 19.7. The maximum Gasteiger partial charge on any atom is 0.309 e. The van der Waals surface area contributed by atoms with Crippen molar-refractivity contribution in [3.05, 3.63) is 34.4 Å². The van der Waals surface area contributed by atoms with Crippen LogP contribution >= 0.6 is 0 Å². The van der Waals surface area contributed by atoms with Gasteiger partial charge in [-0.2, -0.15) is 0 Å². The van der Waals surface area contributed by atoms with Crippen molar-refractivity contribution in [1.82, 2.24) is 0 Å². The Labute approximate surface area is 151 Å². The summed E-state index contributed by atoms with van der Waals surface area (Å²) in [5.74, 6) is -1.92. The number of hydrogen-bond acceptors (Lipinski definition) is 8. The Morgan fingerprint density at radius 1 is 0.692 bits per heavy atom. The molecule has 0 saturated carbocycles. The molecule has 8 heteroatoms. The van der Waals surface area contributed by atoms with Crippen molar-refractivity contribution in [1.29, 1.82) is 0 Å². The number of hydrogen-bond donors (Lipinski definition) is 0. The average molecular weight is 366 g/mol. The second-order valence-electron chi connectivity index (χ2n) is 5.46. The highest BCUT2D eigenvalue weighted by Gasteiger charge is 2.17. The maximum atomic E-state index is 11.7. The lowest BCUT2D eigenvalue weighted by Crippen LogP contribution is -2.14. The van der Waals surface area contributed by atoms with Gasteiger partial charge in [-0.1, -0.05) is 12.1 Å². The van der Waals surface area contributed by atoms with Crippen molar-refractivity contribution >= 4 is 23.9 Å². The lowest BCUT2D eigenvalue weighted by Gasteiger charge is -2.16. The Kier molecular flexibility index (Phi) is 8.27. The second-order valence-corrected chi connectivity index (χ2v) is 5.46. The quantitative estimate of drug-likeness (QED) is 0.500. The molecule has 0 radical (unpaired) electrons. The smallest absolute Gasteiger partial charge is 0.309 e. The number of methoxy groups -OCH3 is 2. The van der Waals surface area contributed by atoms with Crippen LogP contribution in [0.3, 0.4) is 0 Å². The summed E-state index contributed by atoms with van der Waals surface area (Å²) in [7, 11) is 2.52. The highest BCUT2D eigenvalue weighted by Crippen LogP contribution is 2.22. The molecule has 0 aliphatic rings. The molecule has 0 N–H and O–H groups in total. The Morgan fingerprint density at radius 3 is 1.31 bits per heavy atom. The molecule has 142 valence electrons. The molecule has 0 spiro atoms. The average Bonchev–Trinajstić information content (AvgIpc) is 2.59. The van der Waals surface area contributed by atoms with Crippen molar-refractivity contribution < 1.29 is 38.1 Å². The van der Waals surface area contributed by atoms with Crippen LogP contribution in [-0.4, -0.2) is 38.1 Å². The summed E-state index contributed by atoms with van der Waals surface area (Å²) in [6.07, 6.45) is -0.131. The summed E-state index contributed by atoms with van der Waals surface area (Å²) in [5.41, 5.74) is 2.20. The minimum atomic E-state index is -0.484. The second kappa shape index (κ2) is 10.2. The van der Waals surface area contributed by atoms with Gasteiger partial charge in [-0.05, 0) is 22.3 Å². The van der Waals surface area contributed by atoms with E-state index in [9.17, 15) is 19.2 Å². The van der Waals surface area contributed by atoms with Gasteiger partial charge in [0.05, 0.1) is 27.1 Å². The van der Waals surface area contributed by atoms with Crippen LogP contribution < -0.4 is 0 Å². The molecule has 0 amide bonds. The fourth-order valence-corrected chi connectivity index (χ4v) is 2.20. The fraction of sp³-hybridized carbons (Fsp3) is 0.444. The monoisotopic (exact) mass is 366 g/mol. The number of benzene rings is 1. The molecule has 1 aromatic carbocycles. The Hall–Kier alpha value is -2.90.